The van der Waals surface area contributed by atoms with Crippen molar-refractivity contribution >= 4 is 17.9 Å². The molecule has 0 saturated carbocycles. The predicted molar refractivity (Wildman–Crippen MR) is 363 cm³/mol. The number of carbonyl (C=O) groups excluding carboxylic acids is 3. The maximum atomic E-state index is 13.0. The highest BCUT2D eigenvalue weighted by molar-refractivity contribution is 5.71. The van der Waals surface area contributed by atoms with E-state index in [0.29, 0.717) is 19.3 Å². The van der Waals surface area contributed by atoms with Gasteiger partial charge in [0.15, 0.2) is 6.10 Å². The van der Waals surface area contributed by atoms with Crippen molar-refractivity contribution in [1.29, 1.82) is 0 Å². The molecule has 0 aliphatic carbocycles. The molecule has 6 heteroatoms. The minimum Gasteiger partial charge on any atom is -0.462 e. The van der Waals surface area contributed by atoms with Crippen LogP contribution < -0.4 is 0 Å². The van der Waals surface area contributed by atoms with Crippen molar-refractivity contribution in [2.24, 2.45) is 0 Å². The first-order valence-electron chi connectivity index (χ1n) is 37.8. The highest BCUT2D eigenvalue weighted by Crippen LogP contribution is 2.19. The fraction of sp³-hybridized carbons (Fsp3) is 0.909. The maximum Gasteiger partial charge on any atom is 0.306 e. The smallest absolute Gasteiger partial charge is 0.306 e. The first kappa shape index (κ1) is 80.9. The monoisotopic (exact) mass is 1170 g/mol. The minimum atomic E-state index is -0.769. The van der Waals surface area contributed by atoms with E-state index < -0.39 is 6.10 Å². The topological polar surface area (TPSA) is 78.9 Å². The summed E-state index contributed by atoms with van der Waals surface area (Å²) in [5.74, 6) is -0.832. The average molecular weight is 1170 g/mol. The highest BCUT2D eigenvalue weighted by atomic mass is 16.6. The third kappa shape index (κ3) is 70.5. The molecule has 0 N–H and O–H groups in total. The number of esters is 3. The lowest BCUT2D eigenvalue weighted by Gasteiger charge is -2.18. The quantitative estimate of drug-likeness (QED) is 0.0261. The molecule has 0 rings (SSSR count). The van der Waals surface area contributed by atoms with E-state index >= 15 is 0 Å². The molecule has 0 aliphatic rings. The number of hydrogen-bond acceptors (Lipinski definition) is 6. The van der Waals surface area contributed by atoms with Gasteiger partial charge >= 0.3 is 17.9 Å². The SMILES string of the molecule is CCCCCCCCCC/C=C\CCCCCCCCCCCCCCCCCCCCCC(=O)OCC(COC(=O)CCCCCCCCCCCCCCC)OC(=O)CCCCCCCCCCC/C=C\CCCCCCCCCC. The summed E-state index contributed by atoms with van der Waals surface area (Å²) in [6, 6.07) is 0. The molecule has 0 fully saturated rings. The Morgan fingerprint density at radius 1 is 0.229 bits per heavy atom. The van der Waals surface area contributed by atoms with Gasteiger partial charge in [-0.3, -0.25) is 14.4 Å². The van der Waals surface area contributed by atoms with E-state index in [1.165, 1.54) is 334 Å². The average Bonchev–Trinajstić information content (AvgIpc) is 3.49. The van der Waals surface area contributed by atoms with E-state index in [4.69, 9.17) is 14.2 Å². The Morgan fingerprint density at radius 2 is 0.398 bits per heavy atom. The molecular weight excluding hydrogens is 1020 g/mol. The summed E-state index contributed by atoms with van der Waals surface area (Å²) in [4.78, 5) is 38.5. The van der Waals surface area contributed by atoms with Crippen LogP contribution in [0.15, 0.2) is 24.3 Å². The zero-order valence-electron chi connectivity index (χ0n) is 56.5. The van der Waals surface area contributed by atoms with Crippen LogP contribution in [0.1, 0.15) is 432 Å². The molecule has 0 aromatic heterocycles. The van der Waals surface area contributed by atoms with Crippen molar-refractivity contribution in [3.05, 3.63) is 24.3 Å². The summed E-state index contributed by atoms with van der Waals surface area (Å²) in [6.07, 6.45) is 89.5. The number of ether oxygens (including phenoxy) is 3. The molecule has 0 aromatic carbocycles. The van der Waals surface area contributed by atoms with Crippen molar-refractivity contribution in [1.82, 2.24) is 0 Å². The standard InChI is InChI=1S/C77H146O6/c1-4-7-10-13-16-19-22-25-27-29-31-33-34-35-36-37-38-39-40-41-42-44-45-47-49-52-55-58-61-64-67-70-76(79)82-73-74(72-81-75(78)69-66-63-60-57-54-51-24-21-18-15-12-9-6-3)83-77(80)71-68-65-62-59-56-53-50-48-46-43-32-30-28-26-23-20-17-14-11-8-5-2/h29-32,74H,4-28,33-73H2,1-3H3/b31-29-,32-30-. The molecule has 83 heavy (non-hydrogen) atoms. The summed E-state index contributed by atoms with van der Waals surface area (Å²) < 4.78 is 17.0. The van der Waals surface area contributed by atoms with Crippen molar-refractivity contribution < 1.29 is 28.6 Å². The summed E-state index contributed by atoms with van der Waals surface area (Å²) in [7, 11) is 0. The van der Waals surface area contributed by atoms with E-state index in [1.54, 1.807) is 0 Å². The van der Waals surface area contributed by atoms with Gasteiger partial charge < -0.3 is 14.2 Å². The van der Waals surface area contributed by atoms with Gasteiger partial charge in [0, 0.05) is 19.3 Å². The van der Waals surface area contributed by atoms with Crippen LogP contribution in [0.5, 0.6) is 0 Å². The first-order valence-corrected chi connectivity index (χ1v) is 37.8. The molecule has 1 atom stereocenters. The van der Waals surface area contributed by atoms with Gasteiger partial charge in [0.2, 0.25) is 0 Å². The van der Waals surface area contributed by atoms with Crippen molar-refractivity contribution in [3.63, 3.8) is 0 Å². The van der Waals surface area contributed by atoms with Crippen LogP contribution in [0.2, 0.25) is 0 Å². The molecular formula is C77H146O6. The highest BCUT2D eigenvalue weighted by Gasteiger charge is 2.20. The molecule has 490 valence electrons. The third-order valence-electron chi connectivity index (χ3n) is 17.4. The normalized spacial score (nSPS) is 12.1. The van der Waals surface area contributed by atoms with Crippen LogP contribution in [0.4, 0.5) is 0 Å². The number of allylic oxidation sites excluding steroid dienone is 4. The third-order valence-corrected chi connectivity index (χ3v) is 17.4. The number of hydrogen-bond donors (Lipinski definition) is 0. The largest absolute Gasteiger partial charge is 0.462 e. The molecule has 0 aliphatic heterocycles. The Kier molecular flexibility index (Phi) is 70.5. The van der Waals surface area contributed by atoms with Crippen LogP contribution in [0, 0.1) is 0 Å². The zero-order chi connectivity index (χ0) is 59.9. The van der Waals surface area contributed by atoms with Crippen LogP contribution in [-0.2, 0) is 28.6 Å². The first-order chi connectivity index (χ1) is 41.0. The van der Waals surface area contributed by atoms with E-state index in [0.717, 1.165) is 57.8 Å². The number of unbranched alkanes of at least 4 members (excludes halogenated alkanes) is 56. The second kappa shape index (κ2) is 72.4. The molecule has 0 bridgehead atoms. The van der Waals surface area contributed by atoms with Gasteiger partial charge in [-0.05, 0) is 70.6 Å². The van der Waals surface area contributed by atoms with Crippen LogP contribution in [-0.4, -0.2) is 37.2 Å². The fourth-order valence-corrected chi connectivity index (χ4v) is 11.7. The lowest BCUT2D eigenvalue weighted by molar-refractivity contribution is -0.167. The Balaban J connectivity index is 4.14. The zero-order valence-corrected chi connectivity index (χ0v) is 56.5. The molecule has 0 spiro atoms. The van der Waals surface area contributed by atoms with Gasteiger partial charge in [-0.25, -0.2) is 0 Å². The second-order valence-electron chi connectivity index (χ2n) is 25.9. The van der Waals surface area contributed by atoms with Crippen molar-refractivity contribution in [3.8, 4) is 0 Å². The molecule has 6 nitrogen and oxygen atoms in total. The number of carbonyl (C=O) groups is 3. The van der Waals surface area contributed by atoms with Crippen LogP contribution >= 0.6 is 0 Å². The lowest BCUT2D eigenvalue weighted by Crippen LogP contribution is -2.30. The molecule has 0 heterocycles. The van der Waals surface area contributed by atoms with Crippen LogP contribution in [0.25, 0.3) is 0 Å². The Bertz CT molecular complexity index is 1340. The molecule has 0 aromatic rings. The van der Waals surface area contributed by atoms with Gasteiger partial charge in [-0.15, -0.1) is 0 Å². The van der Waals surface area contributed by atoms with Crippen molar-refractivity contribution in [2.45, 2.75) is 438 Å². The van der Waals surface area contributed by atoms with Gasteiger partial charge in [-0.1, -0.05) is 366 Å². The van der Waals surface area contributed by atoms with E-state index in [1.807, 2.05) is 0 Å². The van der Waals surface area contributed by atoms with Gasteiger partial charge in [0.05, 0.1) is 0 Å². The van der Waals surface area contributed by atoms with E-state index in [9.17, 15) is 14.4 Å². The molecule has 0 amide bonds. The maximum absolute atomic E-state index is 13.0. The van der Waals surface area contributed by atoms with Gasteiger partial charge in [-0.2, -0.15) is 0 Å². The van der Waals surface area contributed by atoms with Gasteiger partial charge in [0.1, 0.15) is 13.2 Å². The Morgan fingerprint density at radius 3 is 0.602 bits per heavy atom. The van der Waals surface area contributed by atoms with Crippen LogP contribution in [0.3, 0.4) is 0 Å². The molecule has 1 unspecified atom stereocenters. The predicted octanol–water partition coefficient (Wildman–Crippen LogP) is 26.1. The summed E-state index contributed by atoms with van der Waals surface area (Å²) in [5.41, 5.74) is 0. The van der Waals surface area contributed by atoms with E-state index in [2.05, 4.69) is 45.1 Å². The lowest BCUT2D eigenvalue weighted by atomic mass is 10.0. The Hall–Kier alpha value is -2.11. The summed E-state index contributed by atoms with van der Waals surface area (Å²) in [6.45, 7) is 6.72. The van der Waals surface area contributed by atoms with Gasteiger partial charge in [0.25, 0.3) is 0 Å². The second-order valence-corrected chi connectivity index (χ2v) is 25.9. The minimum absolute atomic E-state index is 0.0652. The van der Waals surface area contributed by atoms with Crippen molar-refractivity contribution in [2.75, 3.05) is 13.2 Å². The Labute approximate surface area is 519 Å². The fourth-order valence-electron chi connectivity index (χ4n) is 11.7. The molecule has 0 radical (unpaired) electrons. The summed E-state index contributed by atoms with van der Waals surface area (Å²) >= 11 is 0. The number of rotatable bonds is 71. The molecule has 0 saturated heterocycles. The van der Waals surface area contributed by atoms with E-state index in [-0.39, 0.29) is 31.1 Å². The summed E-state index contributed by atoms with van der Waals surface area (Å²) in [5, 5.41) is 0.